The number of hydrogen-bond donors (Lipinski definition) is 2. The quantitative estimate of drug-likeness (QED) is 0.362. The molecule has 0 unspecified atom stereocenters. The van der Waals surface area contributed by atoms with E-state index in [2.05, 4.69) is 15.3 Å². The first-order valence-electron chi connectivity index (χ1n) is 6.11. The van der Waals surface area contributed by atoms with Gasteiger partial charge in [-0.3, -0.25) is 5.43 Å². The van der Waals surface area contributed by atoms with Gasteiger partial charge in [0, 0.05) is 13.6 Å². The minimum Gasteiger partial charge on any atom is -0.344 e. The second kappa shape index (κ2) is 5.68. The zero-order valence-electron chi connectivity index (χ0n) is 10.3. The van der Waals surface area contributed by atoms with Crippen LogP contribution in [0.5, 0.6) is 0 Å². The van der Waals surface area contributed by atoms with E-state index in [0.717, 1.165) is 24.1 Å². The highest BCUT2D eigenvalue weighted by Crippen LogP contribution is 2.26. The number of para-hydroxylation sites is 1. The van der Waals surface area contributed by atoms with Crippen LogP contribution >= 0.6 is 0 Å². The molecule has 0 heterocycles. The van der Waals surface area contributed by atoms with Gasteiger partial charge >= 0.3 is 0 Å². The van der Waals surface area contributed by atoms with Gasteiger partial charge in [0.1, 0.15) is 0 Å². The van der Waals surface area contributed by atoms with Crippen LogP contribution in [0.15, 0.2) is 35.3 Å². The maximum atomic E-state index is 5.53. The number of guanidine groups is 1. The molecule has 17 heavy (non-hydrogen) atoms. The van der Waals surface area contributed by atoms with Gasteiger partial charge in [-0.2, -0.15) is 0 Å². The number of nitrogens with two attached hydrogens (primary N) is 1. The summed E-state index contributed by atoms with van der Waals surface area (Å²) in [6, 6.07) is 9.85. The highest BCUT2D eigenvalue weighted by molar-refractivity contribution is 5.81. The normalized spacial score (nSPS) is 16.5. The van der Waals surface area contributed by atoms with Crippen molar-refractivity contribution in [2.45, 2.75) is 19.3 Å². The van der Waals surface area contributed by atoms with Gasteiger partial charge in [-0.25, -0.2) is 10.8 Å². The van der Waals surface area contributed by atoms with Crippen LogP contribution in [0, 0.1) is 5.92 Å². The highest BCUT2D eigenvalue weighted by atomic mass is 15.4. The van der Waals surface area contributed by atoms with Crippen LogP contribution in [0.25, 0.3) is 0 Å². The van der Waals surface area contributed by atoms with Crippen molar-refractivity contribution in [2.75, 3.05) is 13.6 Å². The Morgan fingerprint density at radius 2 is 2.12 bits per heavy atom. The van der Waals surface area contributed by atoms with Crippen molar-refractivity contribution < 1.29 is 0 Å². The molecular formula is C13H20N4. The van der Waals surface area contributed by atoms with Gasteiger partial charge in [0.2, 0.25) is 5.96 Å². The largest absolute Gasteiger partial charge is 0.344 e. The van der Waals surface area contributed by atoms with Crippen molar-refractivity contribution in [1.29, 1.82) is 0 Å². The van der Waals surface area contributed by atoms with E-state index in [0.29, 0.717) is 0 Å². The molecule has 0 atom stereocenters. The van der Waals surface area contributed by atoms with E-state index in [1.54, 1.807) is 0 Å². The summed E-state index contributed by atoms with van der Waals surface area (Å²) in [6.45, 7) is 1.02. The van der Waals surface area contributed by atoms with E-state index in [1.165, 1.54) is 19.3 Å². The number of benzene rings is 1. The maximum absolute atomic E-state index is 5.53. The Labute approximate surface area is 102 Å². The molecule has 1 aliphatic rings. The zero-order valence-corrected chi connectivity index (χ0v) is 10.3. The first-order valence-corrected chi connectivity index (χ1v) is 6.11. The van der Waals surface area contributed by atoms with Gasteiger partial charge in [0.05, 0.1) is 5.69 Å². The molecule has 4 nitrogen and oxygen atoms in total. The van der Waals surface area contributed by atoms with Crippen molar-refractivity contribution >= 4 is 11.6 Å². The molecule has 0 radical (unpaired) electrons. The molecule has 0 saturated heterocycles. The van der Waals surface area contributed by atoms with Crippen LogP contribution in [0.2, 0.25) is 0 Å². The molecule has 1 aliphatic carbocycles. The fourth-order valence-electron chi connectivity index (χ4n) is 2.00. The SMILES string of the molecule is CN(CC1CCC1)C(=Nc1ccccc1)NN. The Bertz CT molecular complexity index is 370. The number of hydrogen-bond acceptors (Lipinski definition) is 2. The Morgan fingerprint density at radius 3 is 2.65 bits per heavy atom. The van der Waals surface area contributed by atoms with E-state index in [1.807, 2.05) is 37.4 Å². The summed E-state index contributed by atoms with van der Waals surface area (Å²) in [4.78, 5) is 6.59. The van der Waals surface area contributed by atoms with Crippen molar-refractivity contribution in [3.05, 3.63) is 30.3 Å². The van der Waals surface area contributed by atoms with Crippen LogP contribution < -0.4 is 11.3 Å². The van der Waals surface area contributed by atoms with Crippen LogP contribution in [0.4, 0.5) is 5.69 Å². The molecule has 2 rings (SSSR count). The fraction of sp³-hybridized carbons (Fsp3) is 0.462. The first-order chi connectivity index (χ1) is 8.29. The Hall–Kier alpha value is -1.55. The lowest BCUT2D eigenvalue weighted by atomic mass is 9.85. The van der Waals surface area contributed by atoms with E-state index in [9.17, 15) is 0 Å². The van der Waals surface area contributed by atoms with Gasteiger partial charge in [0.25, 0.3) is 0 Å². The summed E-state index contributed by atoms with van der Waals surface area (Å²) in [7, 11) is 2.03. The lowest BCUT2D eigenvalue weighted by Crippen LogP contribution is -2.45. The number of hydrazine groups is 1. The summed E-state index contributed by atoms with van der Waals surface area (Å²) in [5.41, 5.74) is 3.60. The zero-order chi connectivity index (χ0) is 12.1. The minimum absolute atomic E-state index is 0.725. The molecule has 0 bridgehead atoms. The summed E-state index contributed by atoms with van der Waals surface area (Å²) in [5, 5.41) is 0. The first kappa shape index (κ1) is 11.9. The molecule has 0 aromatic heterocycles. The van der Waals surface area contributed by atoms with Gasteiger partial charge in [-0.1, -0.05) is 24.6 Å². The average molecular weight is 232 g/mol. The minimum atomic E-state index is 0.725. The molecule has 0 spiro atoms. The third kappa shape index (κ3) is 3.20. The standard InChI is InChI=1S/C13H20N4/c1-17(10-11-6-5-7-11)13(16-14)15-12-8-3-2-4-9-12/h2-4,8-9,11H,5-7,10,14H2,1H3,(H,15,16). The number of rotatable bonds is 3. The second-order valence-electron chi connectivity index (χ2n) is 4.59. The van der Waals surface area contributed by atoms with Crippen LogP contribution in [0.1, 0.15) is 19.3 Å². The third-order valence-corrected chi connectivity index (χ3v) is 3.24. The lowest BCUT2D eigenvalue weighted by molar-refractivity contribution is 0.255. The van der Waals surface area contributed by atoms with Gasteiger partial charge in [-0.05, 0) is 30.9 Å². The lowest BCUT2D eigenvalue weighted by Gasteiger charge is -2.31. The monoisotopic (exact) mass is 232 g/mol. The predicted octanol–water partition coefficient (Wildman–Crippen LogP) is 1.87. The summed E-state index contributed by atoms with van der Waals surface area (Å²) >= 11 is 0. The van der Waals surface area contributed by atoms with E-state index >= 15 is 0 Å². The molecule has 1 fully saturated rings. The van der Waals surface area contributed by atoms with Crippen LogP contribution in [-0.2, 0) is 0 Å². The Kier molecular flexibility index (Phi) is 3.98. The van der Waals surface area contributed by atoms with Crippen molar-refractivity contribution in [2.24, 2.45) is 16.8 Å². The molecule has 1 saturated carbocycles. The van der Waals surface area contributed by atoms with E-state index < -0.39 is 0 Å². The van der Waals surface area contributed by atoms with E-state index in [-0.39, 0.29) is 0 Å². The molecule has 0 aliphatic heterocycles. The van der Waals surface area contributed by atoms with Crippen LogP contribution in [-0.4, -0.2) is 24.5 Å². The van der Waals surface area contributed by atoms with Crippen LogP contribution in [0.3, 0.4) is 0 Å². The Morgan fingerprint density at radius 1 is 1.41 bits per heavy atom. The molecule has 4 heteroatoms. The topological polar surface area (TPSA) is 53.6 Å². The number of aliphatic imine (C=N–C) groups is 1. The highest BCUT2D eigenvalue weighted by Gasteiger charge is 2.20. The predicted molar refractivity (Wildman–Crippen MR) is 70.8 cm³/mol. The summed E-state index contributed by atoms with van der Waals surface area (Å²) in [5.74, 6) is 7.06. The second-order valence-corrected chi connectivity index (χ2v) is 4.59. The van der Waals surface area contributed by atoms with Crippen molar-refractivity contribution in [3.8, 4) is 0 Å². The summed E-state index contributed by atoms with van der Waals surface area (Å²) in [6.07, 6.45) is 4.01. The molecule has 1 aromatic rings. The van der Waals surface area contributed by atoms with Gasteiger partial charge in [0.15, 0.2) is 0 Å². The molecule has 3 N–H and O–H groups in total. The fourth-order valence-corrected chi connectivity index (χ4v) is 2.00. The third-order valence-electron chi connectivity index (χ3n) is 3.24. The van der Waals surface area contributed by atoms with E-state index in [4.69, 9.17) is 5.84 Å². The van der Waals surface area contributed by atoms with Crippen molar-refractivity contribution in [1.82, 2.24) is 10.3 Å². The average Bonchev–Trinajstić information content (AvgIpc) is 2.32. The molecule has 92 valence electrons. The number of nitrogens with one attached hydrogen (secondary N) is 1. The Balaban J connectivity index is 2.01. The van der Waals surface area contributed by atoms with Gasteiger partial charge < -0.3 is 4.90 Å². The van der Waals surface area contributed by atoms with Gasteiger partial charge in [-0.15, -0.1) is 0 Å². The summed E-state index contributed by atoms with van der Waals surface area (Å²) < 4.78 is 0. The maximum Gasteiger partial charge on any atom is 0.213 e. The molecule has 1 aromatic carbocycles. The van der Waals surface area contributed by atoms with Crippen molar-refractivity contribution in [3.63, 3.8) is 0 Å². The smallest absolute Gasteiger partial charge is 0.213 e. The number of nitrogens with zero attached hydrogens (tertiary/aromatic N) is 2. The molecule has 0 amide bonds. The molecular weight excluding hydrogens is 212 g/mol.